The first-order valence-corrected chi connectivity index (χ1v) is 7.38. The van der Waals surface area contributed by atoms with Crippen LogP contribution in [0.4, 0.5) is 0 Å². The highest BCUT2D eigenvalue weighted by molar-refractivity contribution is 5.26. The van der Waals surface area contributed by atoms with Crippen LogP contribution < -0.4 is 10.7 Å². The van der Waals surface area contributed by atoms with Crippen molar-refractivity contribution in [2.75, 3.05) is 0 Å². The van der Waals surface area contributed by atoms with E-state index in [0.717, 1.165) is 6.26 Å². The van der Waals surface area contributed by atoms with E-state index in [9.17, 15) is 9.90 Å². The van der Waals surface area contributed by atoms with E-state index in [1.807, 2.05) is 6.07 Å². The Bertz CT molecular complexity index is 698. The molecular formula is C18H23NO3. The third-order valence-corrected chi connectivity index (χ3v) is 3.59. The minimum Gasteiger partial charge on any atom is -0.502 e. The lowest BCUT2D eigenvalue weighted by atomic mass is 9.82. The van der Waals surface area contributed by atoms with Gasteiger partial charge in [-0.3, -0.25) is 4.79 Å². The van der Waals surface area contributed by atoms with Gasteiger partial charge in [-0.2, -0.15) is 0 Å². The topological polar surface area (TPSA) is 62.5 Å². The normalized spacial score (nSPS) is 13.1. The van der Waals surface area contributed by atoms with Gasteiger partial charge in [0, 0.05) is 12.1 Å². The molecule has 1 atom stereocenters. The fraction of sp³-hybridized carbons (Fsp3) is 0.389. The number of benzene rings is 1. The summed E-state index contributed by atoms with van der Waals surface area (Å²) in [6.45, 7) is 8.99. The SMILES string of the molecule is Cc1cccc(C(NCc2cc(=O)c(O)co2)C(C)(C)C)c1. The van der Waals surface area contributed by atoms with Crippen LogP contribution in [-0.4, -0.2) is 5.11 Å². The maximum absolute atomic E-state index is 11.5. The molecule has 0 radical (unpaired) electrons. The average molecular weight is 301 g/mol. The molecule has 0 aliphatic carbocycles. The van der Waals surface area contributed by atoms with Gasteiger partial charge in [-0.15, -0.1) is 0 Å². The van der Waals surface area contributed by atoms with Crippen molar-refractivity contribution in [3.63, 3.8) is 0 Å². The number of rotatable bonds is 4. The van der Waals surface area contributed by atoms with Gasteiger partial charge in [0.1, 0.15) is 12.0 Å². The summed E-state index contributed by atoms with van der Waals surface area (Å²) in [4.78, 5) is 11.5. The Kier molecular flexibility index (Phi) is 4.71. The summed E-state index contributed by atoms with van der Waals surface area (Å²) < 4.78 is 5.25. The summed E-state index contributed by atoms with van der Waals surface area (Å²) in [5.74, 6) is 0.138. The molecule has 0 saturated heterocycles. The molecule has 0 fully saturated rings. The zero-order chi connectivity index (χ0) is 16.3. The van der Waals surface area contributed by atoms with E-state index in [1.165, 1.54) is 17.2 Å². The third-order valence-electron chi connectivity index (χ3n) is 3.59. The molecule has 4 nitrogen and oxygen atoms in total. The van der Waals surface area contributed by atoms with Crippen molar-refractivity contribution in [2.45, 2.75) is 40.3 Å². The van der Waals surface area contributed by atoms with Crippen LogP contribution in [0.3, 0.4) is 0 Å². The quantitative estimate of drug-likeness (QED) is 0.907. The molecule has 1 aromatic carbocycles. The van der Waals surface area contributed by atoms with E-state index in [1.54, 1.807) is 0 Å². The van der Waals surface area contributed by atoms with Gasteiger partial charge in [-0.05, 0) is 17.9 Å². The van der Waals surface area contributed by atoms with Crippen LogP contribution in [0.2, 0.25) is 0 Å². The van der Waals surface area contributed by atoms with Crippen molar-refractivity contribution in [2.24, 2.45) is 5.41 Å². The molecule has 0 aliphatic rings. The lowest BCUT2D eigenvalue weighted by Gasteiger charge is -2.32. The Morgan fingerprint density at radius 1 is 1.27 bits per heavy atom. The first-order valence-electron chi connectivity index (χ1n) is 7.38. The molecule has 0 saturated carbocycles. The molecule has 1 aromatic heterocycles. The monoisotopic (exact) mass is 301 g/mol. The summed E-state index contributed by atoms with van der Waals surface area (Å²) in [5.41, 5.74) is 2.00. The van der Waals surface area contributed by atoms with Gasteiger partial charge < -0.3 is 14.8 Å². The van der Waals surface area contributed by atoms with E-state index in [0.29, 0.717) is 12.3 Å². The molecule has 0 spiro atoms. The Labute approximate surface area is 130 Å². The maximum atomic E-state index is 11.5. The van der Waals surface area contributed by atoms with Crippen LogP contribution >= 0.6 is 0 Å². The first-order chi connectivity index (χ1) is 10.3. The zero-order valence-corrected chi connectivity index (χ0v) is 13.5. The Morgan fingerprint density at radius 3 is 2.59 bits per heavy atom. The second-order valence-corrected chi connectivity index (χ2v) is 6.69. The Balaban J connectivity index is 2.21. The van der Waals surface area contributed by atoms with Gasteiger partial charge in [0.05, 0.1) is 6.54 Å². The van der Waals surface area contributed by atoms with Gasteiger partial charge in [-0.25, -0.2) is 0 Å². The standard InChI is InChI=1S/C18H23NO3/c1-12-6-5-7-13(8-12)17(18(2,3)4)19-10-14-9-15(20)16(21)11-22-14/h5-9,11,17,19,21H,10H2,1-4H3. The molecule has 0 aliphatic heterocycles. The lowest BCUT2D eigenvalue weighted by Crippen LogP contribution is -2.32. The highest BCUT2D eigenvalue weighted by Gasteiger charge is 2.26. The smallest absolute Gasteiger partial charge is 0.226 e. The minimum absolute atomic E-state index is 0.00497. The molecule has 2 aromatic rings. The van der Waals surface area contributed by atoms with Crippen molar-refractivity contribution in [3.8, 4) is 5.75 Å². The second kappa shape index (κ2) is 6.36. The summed E-state index contributed by atoms with van der Waals surface area (Å²) in [7, 11) is 0. The number of aryl methyl sites for hydroxylation is 1. The fourth-order valence-electron chi connectivity index (χ4n) is 2.51. The number of nitrogens with one attached hydrogen (secondary N) is 1. The van der Waals surface area contributed by atoms with Crippen LogP contribution in [0.1, 0.15) is 43.7 Å². The number of hydrogen-bond acceptors (Lipinski definition) is 4. The Hall–Kier alpha value is -2.07. The predicted molar refractivity (Wildman–Crippen MR) is 86.9 cm³/mol. The molecule has 2 rings (SSSR count). The second-order valence-electron chi connectivity index (χ2n) is 6.69. The molecule has 1 unspecified atom stereocenters. The van der Waals surface area contributed by atoms with E-state index in [-0.39, 0.29) is 17.2 Å². The van der Waals surface area contributed by atoms with E-state index < -0.39 is 5.43 Å². The van der Waals surface area contributed by atoms with E-state index >= 15 is 0 Å². The van der Waals surface area contributed by atoms with Crippen LogP contribution in [0.25, 0.3) is 0 Å². The van der Waals surface area contributed by atoms with Gasteiger partial charge in [0.25, 0.3) is 0 Å². The number of aromatic hydroxyl groups is 1. The highest BCUT2D eigenvalue weighted by Crippen LogP contribution is 2.33. The van der Waals surface area contributed by atoms with Crippen molar-refractivity contribution < 1.29 is 9.52 Å². The van der Waals surface area contributed by atoms with Gasteiger partial charge in [0.2, 0.25) is 5.43 Å². The van der Waals surface area contributed by atoms with Crippen LogP contribution in [0, 0.1) is 12.3 Å². The van der Waals surface area contributed by atoms with Gasteiger partial charge in [-0.1, -0.05) is 50.6 Å². The summed E-state index contributed by atoms with van der Waals surface area (Å²) in [6, 6.07) is 9.82. The molecule has 1 heterocycles. The summed E-state index contributed by atoms with van der Waals surface area (Å²) in [5, 5.41) is 12.7. The highest BCUT2D eigenvalue weighted by atomic mass is 16.4. The van der Waals surface area contributed by atoms with E-state index in [4.69, 9.17) is 4.42 Å². The summed E-state index contributed by atoms with van der Waals surface area (Å²) in [6.07, 6.45) is 1.08. The molecular weight excluding hydrogens is 278 g/mol. The molecule has 0 amide bonds. The average Bonchev–Trinajstić information content (AvgIpc) is 2.41. The molecule has 2 N–H and O–H groups in total. The molecule has 22 heavy (non-hydrogen) atoms. The first kappa shape index (κ1) is 16.3. The lowest BCUT2D eigenvalue weighted by molar-refractivity contribution is 0.263. The van der Waals surface area contributed by atoms with Crippen LogP contribution in [-0.2, 0) is 6.54 Å². The van der Waals surface area contributed by atoms with Gasteiger partial charge >= 0.3 is 0 Å². The van der Waals surface area contributed by atoms with Crippen molar-refractivity contribution in [3.05, 3.63) is 63.7 Å². The fourth-order valence-corrected chi connectivity index (χ4v) is 2.51. The summed E-state index contributed by atoms with van der Waals surface area (Å²) >= 11 is 0. The largest absolute Gasteiger partial charge is 0.502 e. The van der Waals surface area contributed by atoms with Crippen molar-refractivity contribution in [1.82, 2.24) is 5.32 Å². The van der Waals surface area contributed by atoms with E-state index in [2.05, 4.69) is 51.2 Å². The van der Waals surface area contributed by atoms with Gasteiger partial charge in [0.15, 0.2) is 5.75 Å². The van der Waals surface area contributed by atoms with Crippen molar-refractivity contribution in [1.29, 1.82) is 0 Å². The predicted octanol–water partition coefficient (Wildman–Crippen LogP) is 3.53. The number of hydrogen-bond donors (Lipinski definition) is 2. The zero-order valence-electron chi connectivity index (χ0n) is 13.5. The molecule has 118 valence electrons. The van der Waals surface area contributed by atoms with Crippen LogP contribution in [0.5, 0.6) is 5.75 Å². The minimum atomic E-state index is -0.425. The third kappa shape index (κ3) is 3.98. The maximum Gasteiger partial charge on any atom is 0.226 e. The molecule has 4 heteroatoms. The molecule has 0 bridgehead atoms. The Morgan fingerprint density at radius 2 is 2.00 bits per heavy atom. The van der Waals surface area contributed by atoms with Crippen LogP contribution in [0.15, 0.2) is 45.8 Å². The van der Waals surface area contributed by atoms with Crippen molar-refractivity contribution >= 4 is 0 Å².